The summed E-state index contributed by atoms with van der Waals surface area (Å²) in [6, 6.07) is 12.3. The van der Waals surface area contributed by atoms with Crippen LogP contribution in [0.1, 0.15) is 0 Å². The number of nitrogens with zero attached hydrogens (tertiary/aromatic N) is 1. The number of hydrogen-bond acceptors (Lipinski definition) is 4. The van der Waals surface area contributed by atoms with Crippen LogP contribution in [0, 0.1) is 0 Å². The number of carbonyl (C=O) groups is 1. The van der Waals surface area contributed by atoms with Gasteiger partial charge in [-0.1, -0.05) is 34.8 Å². The van der Waals surface area contributed by atoms with Gasteiger partial charge in [0.05, 0.1) is 7.11 Å². The van der Waals surface area contributed by atoms with Crippen LogP contribution in [0.15, 0.2) is 46.9 Å². The van der Waals surface area contributed by atoms with Gasteiger partial charge in [-0.25, -0.2) is 4.98 Å². The summed E-state index contributed by atoms with van der Waals surface area (Å²) in [4.78, 5) is 16.1. The number of halogens is 3. The van der Waals surface area contributed by atoms with Gasteiger partial charge in [0.2, 0.25) is 5.89 Å². The zero-order valence-electron chi connectivity index (χ0n) is 12.3. The van der Waals surface area contributed by atoms with Crippen LogP contribution >= 0.6 is 34.8 Å². The Bertz CT molecular complexity index is 886. The molecule has 0 unspecified atom stereocenters. The summed E-state index contributed by atoms with van der Waals surface area (Å²) in [6.45, 7) is 0. The number of benzene rings is 2. The molecule has 2 aromatic carbocycles. The first-order valence-corrected chi connectivity index (χ1v) is 7.93. The summed E-state index contributed by atoms with van der Waals surface area (Å²) in [5.41, 5.74) is 2.41. The molecular formula is C16H11Cl3N2O3. The molecule has 0 radical (unpaired) electrons. The molecule has 0 saturated carbocycles. The van der Waals surface area contributed by atoms with Gasteiger partial charge in [0.1, 0.15) is 11.3 Å². The smallest absolute Gasteiger partial charge is 0.276 e. The molecule has 0 aliphatic rings. The molecule has 3 rings (SSSR count). The van der Waals surface area contributed by atoms with E-state index in [-0.39, 0.29) is 0 Å². The maximum absolute atomic E-state index is 11.7. The number of oxazole rings is 1. The predicted octanol–water partition coefficient (Wildman–Crippen LogP) is 4.81. The zero-order chi connectivity index (χ0) is 17.3. The third kappa shape index (κ3) is 3.59. The van der Waals surface area contributed by atoms with Crippen LogP contribution in [0.25, 0.3) is 22.6 Å². The number of aromatic nitrogens is 1. The number of nitrogens with one attached hydrogen (secondary N) is 1. The summed E-state index contributed by atoms with van der Waals surface area (Å²) >= 11 is 16.6. The largest absolute Gasteiger partial charge is 0.497 e. The number of alkyl halides is 3. The molecule has 1 aromatic heterocycles. The third-order valence-corrected chi connectivity index (χ3v) is 3.75. The number of hydrogen-bond donors (Lipinski definition) is 1. The number of ether oxygens (including phenoxy) is 1. The predicted molar refractivity (Wildman–Crippen MR) is 94.9 cm³/mol. The minimum Gasteiger partial charge on any atom is -0.497 e. The number of methoxy groups -OCH3 is 1. The van der Waals surface area contributed by atoms with Gasteiger partial charge < -0.3 is 14.5 Å². The molecule has 0 fully saturated rings. The van der Waals surface area contributed by atoms with Crippen molar-refractivity contribution in [2.45, 2.75) is 3.79 Å². The van der Waals surface area contributed by atoms with Crippen molar-refractivity contribution in [1.29, 1.82) is 0 Å². The highest BCUT2D eigenvalue weighted by Gasteiger charge is 2.30. The number of carbonyl (C=O) groups excluding carboxylic acids is 1. The molecule has 0 saturated heterocycles. The second kappa shape index (κ2) is 6.51. The van der Waals surface area contributed by atoms with E-state index < -0.39 is 9.70 Å². The zero-order valence-corrected chi connectivity index (χ0v) is 14.6. The van der Waals surface area contributed by atoms with Gasteiger partial charge in [-0.15, -0.1) is 0 Å². The highest BCUT2D eigenvalue weighted by Crippen LogP contribution is 2.30. The fraction of sp³-hybridized carbons (Fsp3) is 0.125. The van der Waals surface area contributed by atoms with Crippen LogP contribution in [0.2, 0.25) is 0 Å². The van der Waals surface area contributed by atoms with Gasteiger partial charge in [0.25, 0.3) is 9.70 Å². The van der Waals surface area contributed by atoms with Crippen molar-refractivity contribution in [2.75, 3.05) is 12.4 Å². The number of anilines is 1. The Balaban J connectivity index is 1.89. The van der Waals surface area contributed by atoms with Gasteiger partial charge in [-0.3, -0.25) is 4.79 Å². The van der Waals surface area contributed by atoms with E-state index in [1.54, 1.807) is 25.3 Å². The maximum Gasteiger partial charge on any atom is 0.276 e. The molecule has 24 heavy (non-hydrogen) atoms. The van der Waals surface area contributed by atoms with E-state index in [1.807, 2.05) is 24.3 Å². The maximum atomic E-state index is 11.7. The first-order chi connectivity index (χ1) is 11.4. The molecule has 0 bridgehead atoms. The minimum absolute atomic E-state index is 0.452. The number of fused-ring (bicyclic) bond motifs is 1. The first-order valence-electron chi connectivity index (χ1n) is 6.80. The lowest BCUT2D eigenvalue weighted by Crippen LogP contribution is -2.26. The van der Waals surface area contributed by atoms with Gasteiger partial charge in [-0.2, -0.15) is 0 Å². The van der Waals surface area contributed by atoms with Gasteiger partial charge >= 0.3 is 0 Å². The normalized spacial score (nSPS) is 11.5. The van der Waals surface area contributed by atoms with E-state index in [2.05, 4.69) is 10.3 Å². The fourth-order valence-electron chi connectivity index (χ4n) is 2.06. The van der Waals surface area contributed by atoms with Crippen LogP contribution < -0.4 is 10.1 Å². The van der Waals surface area contributed by atoms with Crippen molar-refractivity contribution in [3.05, 3.63) is 42.5 Å². The molecule has 124 valence electrons. The number of amides is 1. The van der Waals surface area contributed by atoms with Gasteiger partial charge in [0, 0.05) is 11.3 Å². The van der Waals surface area contributed by atoms with Crippen molar-refractivity contribution < 1.29 is 13.9 Å². The topological polar surface area (TPSA) is 64.4 Å². The Morgan fingerprint density at radius 2 is 1.88 bits per heavy atom. The quantitative estimate of drug-likeness (QED) is 0.657. The highest BCUT2D eigenvalue weighted by atomic mass is 35.6. The molecular weight excluding hydrogens is 375 g/mol. The summed E-state index contributed by atoms with van der Waals surface area (Å²) < 4.78 is 8.80. The first kappa shape index (κ1) is 16.9. The van der Waals surface area contributed by atoms with E-state index in [9.17, 15) is 4.79 Å². The molecule has 5 nitrogen and oxygen atoms in total. The Morgan fingerprint density at radius 1 is 1.17 bits per heavy atom. The standard InChI is InChI=1S/C16H11Cl3N2O3/c1-23-11-5-2-9(3-6-11)14-21-12-8-10(4-7-13(12)24-14)20-15(22)16(17,18)19/h2-8H,1H3,(H,20,22). The second-order valence-corrected chi connectivity index (χ2v) is 7.16. The second-order valence-electron chi connectivity index (χ2n) is 4.88. The van der Waals surface area contributed by atoms with Crippen molar-refractivity contribution in [3.63, 3.8) is 0 Å². The van der Waals surface area contributed by atoms with E-state index in [0.717, 1.165) is 11.3 Å². The number of rotatable bonds is 3. The van der Waals surface area contributed by atoms with E-state index in [1.165, 1.54) is 0 Å². The Labute approximate surface area is 152 Å². The van der Waals surface area contributed by atoms with Crippen molar-refractivity contribution in [3.8, 4) is 17.2 Å². The van der Waals surface area contributed by atoms with Crippen LogP contribution in [0.3, 0.4) is 0 Å². The summed E-state index contributed by atoms with van der Waals surface area (Å²) in [7, 11) is 1.60. The lowest BCUT2D eigenvalue weighted by molar-refractivity contribution is -0.115. The monoisotopic (exact) mass is 384 g/mol. The average molecular weight is 386 g/mol. The molecule has 0 atom stereocenters. The molecule has 3 aromatic rings. The Morgan fingerprint density at radius 3 is 2.50 bits per heavy atom. The van der Waals surface area contributed by atoms with Crippen LogP contribution in [-0.2, 0) is 4.79 Å². The summed E-state index contributed by atoms with van der Waals surface area (Å²) in [6.07, 6.45) is 0. The average Bonchev–Trinajstić information content (AvgIpc) is 2.97. The molecule has 8 heteroatoms. The van der Waals surface area contributed by atoms with E-state index in [4.69, 9.17) is 44.0 Å². The Hall–Kier alpha value is -1.95. The SMILES string of the molecule is COc1ccc(-c2nc3cc(NC(=O)C(Cl)(Cl)Cl)ccc3o2)cc1. The van der Waals surface area contributed by atoms with E-state index >= 15 is 0 Å². The molecule has 1 heterocycles. The summed E-state index contributed by atoms with van der Waals surface area (Å²) in [5.74, 6) is 0.454. The van der Waals surface area contributed by atoms with E-state index in [0.29, 0.717) is 22.7 Å². The molecule has 0 aliphatic heterocycles. The fourth-order valence-corrected chi connectivity index (χ4v) is 2.21. The minimum atomic E-state index is -2.03. The molecule has 0 spiro atoms. The molecule has 0 aliphatic carbocycles. The van der Waals surface area contributed by atoms with Gasteiger partial charge in [0.15, 0.2) is 5.58 Å². The van der Waals surface area contributed by atoms with Crippen LogP contribution in [-0.4, -0.2) is 21.8 Å². The Kier molecular flexibility index (Phi) is 4.58. The van der Waals surface area contributed by atoms with Crippen LogP contribution in [0.5, 0.6) is 5.75 Å². The third-order valence-electron chi connectivity index (χ3n) is 3.24. The highest BCUT2D eigenvalue weighted by molar-refractivity contribution is 6.76. The van der Waals surface area contributed by atoms with Gasteiger partial charge in [-0.05, 0) is 42.5 Å². The van der Waals surface area contributed by atoms with Crippen molar-refractivity contribution in [2.24, 2.45) is 0 Å². The van der Waals surface area contributed by atoms with Crippen molar-refractivity contribution in [1.82, 2.24) is 4.98 Å². The lowest BCUT2D eigenvalue weighted by atomic mass is 10.2. The van der Waals surface area contributed by atoms with Crippen molar-refractivity contribution >= 4 is 57.5 Å². The lowest BCUT2D eigenvalue weighted by Gasteiger charge is -2.10. The molecule has 1 amide bonds. The van der Waals surface area contributed by atoms with Crippen LogP contribution in [0.4, 0.5) is 5.69 Å². The molecule has 1 N–H and O–H groups in total. The summed E-state index contributed by atoms with van der Waals surface area (Å²) in [5, 5.41) is 2.51.